The maximum Gasteiger partial charge on any atom is 0.123 e. The number of benzene rings is 2. The fraction of sp³-hybridized carbons (Fsp3) is 0.250. The summed E-state index contributed by atoms with van der Waals surface area (Å²) in [5, 5.41) is 10.2. The van der Waals surface area contributed by atoms with Gasteiger partial charge in [0.25, 0.3) is 0 Å². The van der Waals surface area contributed by atoms with Gasteiger partial charge in [-0.3, -0.25) is 0 Å². The van der Waals surface area contributed by atoms with E-state index in [1.54, 1.807) is 24.3 Å². The maximum atomic E-state index is 13.2. The molecule has 0 spiro atoms. The van der Waals surface area contributed by atoms with Crippen LogP contribution < -0.4 is 4.74 Å². The first-order valence-electron chi connectivity index (χ1n) is 6.37. The van der Waals surface area contributed by atoms with Crippen molar-refractivity contribution in [1.82, 2.24) is 0 Å². The summed E-state index contributed by atoms with van der Waals surface area (Å²) in [5.74, 6) is 0.366. The van der Waals surface area contributed by atoms with Gasteiger partial charge in [-0.15, -0.1) is 0 Å². The Morgan fingerprint density at radius 2 is 1.79 bits per heavy atom. The molecule has 1 atom stereocenters. The number of ether oxygens (including phenoxy) is 1. The van der Waals surface area contributed by atoms with Crippen molar-refractivity contribution in [1.29, 1.82) is 0 Å². The van der Waals surface area contributed by atoms with Crippen LogP contribution in [0.15, 0.2) is 48.5 Å². The highest BCUT2D eigenvalue weighted by molar-refractivity contribution is 5.35. The van der Waals surface area contributed by atoms with Crippen molar-refractivity contribution in [2.24, 2.45) is 0 Å². The van der Waals surface area contributed by atoms with Crippen molar-refractivity contribution in [2.75, 3.05) is 6.61 Å². The number of halogens is 1. The van der Waals surface area contributed by atoms with Crippen molar-refractivity contribution in [3.05, 3.63) is 65.5 Å². The second-order valence-electron chi connectivity index (χ2n) is 4.38. The summed E-state index contributed by atoms with van der Waals surface area (Å²) in [6.45, 7) is 2.67. The molecule has 0 aliphatic rings. The molecule has 0 bridgehead atoms. The Labute approximate surface area is 112 Å². The summed E-state index contributed by atoms with van der Waals surface area (Å²) in [4.78, 5) is 0. The van der Waals surface area contributed by atoms with E-state index in [2.05, 4.69) is 0 Å². The van der Waals surface area contributed by atoms with Crippen LogP contribution in [0.3, 0.4) is 0 Å². The van der Waals surface area contributed by atoms with Crippen LogP contribution in [-0.2, 0) is 0 Å². The van der Waals surface area contributed by atoms with Crippen LogP contribution >= 0.6 is 0 Å². The van der Waals surface area contributed by atoms with Gasteiger partial charge in [0.05, 0.1) is 6.61 Å². The highest BCUT2D eigenvalue weighted by Crippen LogP contribution is 2.25. The third-order valence-electron chi connectivity index (χ3n) is 2.81. The molecule has 0 radical (unpaired) electrons. The molecule has 2 aromatic rings. The minimum atomic E-state index is -0.846. The Kier molecular flexibility index (Phi) is 4.53. The molecular weight excluding hydrogens is 243 g/mol. The van der Waals surface area contributed by atoms with E-state index in [4.69, 9.17) is 4.74 Å². The van der Waals surface area contributed by atoms with Gasteiger partial charge in [0.2, 0.25) is 0 Å². The first-order chi connectivity index (χ1) is 9.20. The van der Waals surface area contributed by atoms with E-state index in [1.807, 2.05) is 19.1 Å². The molecule has 0 saturated carbocycles. The fourth-order valence-electron chi connectivity index (χ4n) is 1.86. The predicted octanol–water partition coefficient (Wildman–Crippen LogP) is 3.70. The van der Waals surface area contributed by atoms with Crippen LogP contribution in [0.4, 0.5) is 4.39 Å². The molecular formula is C16H17FO2. The SMILES string of the molecule is CCCOc1cccc(C(O)c2cccc(F)c2)c1. The lowest BCUT2D eigenvalue weighted by Crippen LogP contribution is -2.01. The van der Waals surface area contributed by atoms with Crippen LogP contribution in [0, 0.1) is 5.82 Å². The minimum absolute atomic E-state index is 0.352. The van der Waals surface area contributed by atoms with Crippen LogP contribution in [0.25, 0.3) is 0 Å². The molecule has 0 aromatic heterocycles. The molecule has 0 fully saturated rings. The monoisotopic (exact) mass is 260 g/mol. The summed E-state index contributed by atoms with van der Waals surface area (Å²) in [7, 11) is 0. The van der Waals surface area contributed by atoms with Crippen molar-refractivity contribution in [3.8, 4) is 5.75 Å². The zero-order valence-electron chi connectivity index (χ0n) is 10.8. The number of rotatable bonds is 5. The first kappa shape index (κ1) is 13.6. The van der Waals surface area contributed by atoms with Gasteiger partial charge in [-0.05, 0) is 41.8 Å². The van der Waals surface area contributed by atoms with E-state index in [-0.39, 0.29) is 5.82 Å². The standard InChI is InChI=1S/C16H17FO2/c1-2-9-19-15-8-4-6-13(11-15)16(18)12-5-3-7-14(17)10-12/h3-8,10-11,16,18H,2,9H2,1H3. The van der Waals surface area contributed by atoms with Gasteiger partial charge >= 0.3 is 0 Å². The quantitative estimate of drug-likeness (QED) is 0.888. The molecule has 2 rings (SSSR count). The van der Waals surface area contributed by atoms with Gasteiger partial charge in [0.1, 0.15) is 17.7 Å². The topological polar surface area (TPSA) is 29.5 Å². The predicted molar refractivity (Wildman–Crippen MR) is 72.7 cm³/mol. The molecule has 1 unspecified atom stereocenters. The van der Waals surface area contributed by atoms with Crippen LogP contribution in [-0.4, -0.2) is 11.7 Å². The first-order valence-corrected chi connectivity index (χ1v) is 6.37. The lowest BCUT2D eigenvalue weighted by atomic mass is 10.0. The maximum absolute atomic E-state index is 13.2. The molecule has 100 valence electrons. The molecule has 0 saturated heterocycles. The van der Waals surface area contributed by atoms with Crippen LogP contribution in [0.5, 0.6) is 5.75 Å². The highest BCUT2D eigenvalue weighted by Gasteiger charge is 2.11. The van der Waals surface area contributed by atoms with Crippen LogP contribution in [0.1, 0.15) is 30.6 Å². The molecule has 1 N–H and O–H groups in total. The molecule has 2 nitrogen and oxygen atoms in total. The fourth-order valence-corrected chi connectivity index (χ4v) is 1.86. The third-order valence-corrected chi connectivity index (χ3v) is 2.81. The van der Waals surface area contributed by atoms with Gasteiger partial charge in [0.15, 0.2) is 0 Å². The van der Waals surface area contributed by atoms with Crippen molar-refractivity contribution in [3.63, 3.8) is 0 Å². The number of hydrogen-bond donors (Lipinski definition) is 1. The smallest absolute Gasteiger partial charge is 0.123 e. The van der Waals surface area contributed by atoms with Gasteiger partial charge in [-0.1, -0.05) is 31.2 Å². The Balaban J connectivity index is 2.21. The summed E-state index contributed by atoms with van der Waals surface area (Å²) in [6.07, 6.45) is 0.0808. The molecule has 19 heavy (non-hydrogen) atoms. The largest absolute Gasteiger partial charge is 0.494 e. The zero-order chi connectivity index (χ0) is 13.7. The average molecular weight is 260 g/mol. The van der Waals surface area contributed by atoms with Gasteiger partial charge in [-0.2, -0.15) is 0 Å². The molecule has 0 aliphatic heterocycles. The van der Waals surface area contributed by atoms with E-state index in [0.29, 0.717) is 17.7 Å². The lowest BCUT2D eigenvalue weighted by Gasteiger charge is -2.13. The molecule has 2 aromatic carbocycles. The molecule has 0 aliphatic carbocycles. The Hall–Kier alpha value is -1.87. The van der Waals surface area contributed by atoms with Crippen molar-refractivity contribution in [2.45, 2.75) is 19.4 Å². The zero-order valence-corrected chi connectivity index (χ0v) is 10.8. The number of aliphatic hydroxyl groups is 1. The normalized spacial score (nSPS) is 12.2. The van der Waals surface area contributed by atoms with E-state index >= 15 is 0 Å². The Morgan fingerprint density at radius 1 is 1.11 bits per heavy atom. The summed E-state index contributed by atoms with van der Waals surface area (Å²) < 4.78 is 18.7. The second kappa shape index (κ2) is 6.34. The number of hydrogen-bond acceptors (Lipinski definition) is 2. The number of aliphatic hydroxyl groups excluding tert-OH is 1. The van der Waals surface area contributed by atoms with Crippen molar-refractivity contribution < 1.29 is 14.2 Å². The summed E-state index contributed by atoms with van der Waals surface area (Å²) >= 11 is 0. The van der Waals surface area contributed by atoms with E-state index in [0.717, 1.165) is 12.2 Å². The van der Waals surface area contributed by atoms with Crippen molar-refractivity contribution >= 4 is 0 Å². The third kappa shape index (κ3) is 3.55. The van der Waals surface area contributed by atoms with Gasteiger partial charge in [-0.25, -0.2) is 4.39 Å². The van der Waals surface area contributed by atoms with E-state index in [1.165, 1.54) is 12.1 Å². The second-order valence-corrected chi connectivity index (χ2v) is 4.38. The van der Waals surface area contributed by atoms with Gasteiger partial charge in [0, 0.05) is 0 Å². The Bertz CT molecular complexity index is 540. The van der Waals surface area contributed by atoms with Gasteiger partial charge < -0.3 is 9.84 Å². The van der Waals surface area contributed by atoms with E-state index in [9.17, 15) is 9.50 Å². The highest BCUT2D eigenvalue weighted by atomic mass is 19.1. The molecule has 0 amide bonds. The minimum Gasteiger partial charge on any atom is -0.494 e. The lowest BCUT2D eigenvalue weighted by molar-refractivity contribution is 0.219. The average Bonchev–Trinajstić information content (AvgIpc) is 2.44. The van der Waals surface area contributed by atoms with Crippen LogP contribution in [0.2, 0.25) is 0 Å². The van der Waals surface area contributed by atoms with E-state index < -0.39 is 6.10 Å². The summed E-state index contributed by atoms with van der Waals surface area (Å²) in [5.41, 5.74) is 1.23. The molecule has 0 heterocycles. The Morgan fingerprint density at radius 3 is 2.47 bits per heavy atom. The molecule has 3 heteroatoms. The summed E-state index contributed by atoms with van der Waals surface area (Å²) in [6, 6.07) is 13.2.